The van der Waals surface area contributed by atoms with Gasteiger partial charge in [-0.2, -0.15) is 8.42 Å². The van der Waals surface area contributed by atoms with Gasteiger partial charge in [0.1, 0.15) is 5.75 Å². The highest BCUT2D eigenvalue weighted by molar-refractivity contribution is 7.86. The Morgan fingerprint density at radius 2 is 1.83 bits per heavy atom. The van der Waals surface area contributed by atoms with Crippen LogP contribution in [-0.4, -0.2) is 37.3 Å². The van der Waals surface area contributed by atoms with Crippen LogP contribution in [0.3, 0.4) is 0 Å². The average molecular weight is 343 g/mol. The summed E-state index contributed by atoms with van der Waals surface area (Å²) in [7, 11) is -3.85. The fourth-order valence-electron chi connectivity index (χ4n) is 2.10. The molecule has 0 bridgehead atoms. The summed E-state index contributed by atoms with van der Waals surface area (Å²) in [4.78, 5) is 33.7. The molecule has 0 radical (unpaired) electrons. The highest BCUT2D eigenvalue weighted by Crippen LogP contribution is 2.33. The number of hydrogen-bond donors (Lipinski definition) is 0. The predicted molar refractivity (Wildman–Crippen MR) is 76.8 cm³/mol. The Morgan fingerprint density at radius 1 is 1.22 bits per heavy atom. The van der Waals surface area contributed by atoms with Crippen LogP contribution in [0, 0.1) is 10.1 Å². The fourth-order valence-corrected chi connectivity index (χ4v) is 2.56. The van der Waals surface area contributed by atoms with Crippen LogP contribution >= 0.6 is 0 Å². The van der Waals surface area contributed by atoms with Gasteiger partial charge >= 0.3 is 15.8 Å². The Morgan fingerprint density at radius 3 is 2.35 bits per heavy atom. The molecular formula is C13H13NO8S. The standard InChI is InChI=1S/C13H13NO8S/c1-23(19,20)22-8-5-6-12(9(7-8)14(17)18)21-13-10(15)3-2-4-11(13)16/h5-7,13H,2-4H2,1H3. The zero-order valence-corrected chi connectivity index (χ0v) is 12.9. The molecule has 0 aromatic heterocycles. The van der Waals surface area contributed by atoms with Gasteiger partial charge in [0, 0.05) is 12.8 Å². The molecule has 23 heavy (non-hydrogen) atoms. The zero-order valence-electron chi connectivity index (χ0n) is 12.1. The number of carbonyl (C=O) groups is 2. The number of nitro groups is 1. The normalized spacial score (nSPS) is 16.2. The van der Waals surface area contributed by atoms with Crippen LogP contribution in [0.4, 0.5) is 5.69 Å². The van der Waals surface area contributed by atoms with Crippen molar-refractivity contribution in [2.24, 2.45) is 0 Å². The second-order valence-corrected chi connectivity index (χ2v) is 6.53. The lowest BCUT2D eigenvalue weighted by molar-refractivity contribution is -0.386. The van der Waals surface area contributed by atoms with Gasteiger partial charge in [0.15, 0.2) is 17.3 Å². The van der Waals surface area contributed by atoms with Gasteiger partial charge in [-0.25, -0.2) is 0 Å². The number of rotatable bonds is 5. The van der Waals surface area contributed by atoms with Crippen LogP contribution in [0.2, 0.25) is 0 Å². The second kappa shape index (κ2) is 6.32. The summed E-state index contributed by atoms with van der Waals surface area (Å²) in [6.07, 6.45) is 0.187. The molecule has 10 heteroatoms. The van der Waals surface area contributed by atoms with Crippen LogP contribution in [-0.2, 0) is 19.7 Å². The number of ether oxygens (including phenoxy) is 1. The van der Waals surface area contributed by atoms with Crippen molar-refractivity contribution in [3.05, 3.63) is 28.3 Å². The molecule has 1 aromatic rings. The molecule has 0 saturated heterocycles. The van der Waals surface area contributed by atoms with Crippen LogP contribution in [0.1, 0.15) is 19.3 Å². The third-order valence-corrected chi connectivity index (χ3v) is 3.55. The third kappa shape index (κ3) is 4.25. The van der Waals surface area contributed by atoms with Crippen LogP contribution in [0.5, 0.6) is 11.5 Å². The van der Waals surface area contributed by atoms with Gasteiger partial charge in [0.25, 0.3) is 0 Å². The largest absolute Gasteiger partial charge is 0.468 e. The van der Waals surface area contributed by atoms with E-state index in [0.717, 1.165) is 24.5 Å². The maximum Gasteiger partial charge on any atom is 0.314 e. The Balaban J connectivity index is 2.33. The monoisotopic (exact) mass is 343 g/mol. The quantitative estimate of drug-likeness (QED) is 0.335. The molecule has 1 aromatic carbocycles. The number of hydrogen-bond acceptors (Lipinski definition) is 8. The van der Waals surface area contributed by atoms with Gasteiger partial charge in [0.05, 0.1) is 17.2 Å². The molecule has 124 valence electrons. The molecule has 0 aliphatic heterocycles. The first kappa shape index (κ1) is 16.9. The van der Waals surface area contributed by atoms with E-state index in [9.17, 15) is 28.1 Å². The van der Waals surface area contributed by atoms with Gasteiger partial charge in [0.2, 0.25) is 6.10 Å². The zero-order chi connectivity index (χ0) is 17.2. The van der Waals surface area contributed by atoms with Crippen molar-refractivity contribution in [1.82, 2.24) is 0 Å². The second-order valence-electron chi connectivity index (χ2n) is 4.96. The van der Waals surface area contributed by atoms with E-state index in [2.05, 4.69) is 4.18 Å². The number of ketones is 2. The first-order chi connectivity index (χ1) is 10.7. The van der Waals surface area contributed by atoms with E-state index in [1.165, 1.54) is 0 Å². The molecule has 0 N–H and O–H groups in total. The maximum atomic E-state index is 11.7. The van der Waals surface area contributed by atoms with Gasteiger partial charge in [-0.05, 0) is 18.6 Å². The molecule has 0 heterocycles. The van der Waals surface area contributed by atoms with E-state index in [1.807, 2.05) is 0 Å². The fraction of sp³-hybridized carbons (Fsp3) is 0.385. The molecule has 2 rings (SSSR count). The Kier molecular flexibility index (Phi) is 4.64. The van der Waals surface area contributed by atoms with Gasteiger partial charge in [-0.15, -0.1) is 0 Å². The summed E-state index contributed by atoms with van der Waals surface area (Å²) in [5.74, 6) is -1.45. The summed E-state index contributed by atoms with van der Waals surface area (Å²) in [6.45, 7) is 0. The summed E-state index contributed by atoms with van der Waals surface area (Å²) < 4.78 is 31.9. The van der Waals surface area contributed by atoms with Gasteiger partial charge in [-0.1, -0.05) is 0 Å². The maximum absolute atomic E-state index is 11.7. The van der Waals surface area contributed by atoms with Crippen molar-refractivity contribution in [1.29, 1.82) is 0 Å². The van der Waals surface area contributed by atoms with E-state index in [1.54, 1.807) is 0 Å². The van der Waals surface area contributed by atoms with Crippen molar-refractivity contribution in [3.63, 3.8) is 0 Å². The van der Waals surface area contributed by atoms with Crippen LogP contribution in [0.15, 0.2) is 18.2 Å². The van der Waals surface area contributed by atoms with Gasteiger partial charge in [-0.3, -0.25) is 19.7 Å². The molecule has 0 amide bonds. The molecule has 0 unspecified atom stereocenters. The number of nitro benzene ring substituents is 1. The predicted octanol–water partition coefficient (Wildman–Crippen LogP) is 1.00. The summed E-state index contributed by atoms with van der Waals surface area (Å²) in [6, 6.07) is 3.09. The van der Waals surface area contributed by atoms with Crippen molar-refractivity contribution in [2.45, 2.75) is 25.4 Å². The Bertz CT molecular complexity index is 754. The minimum atomic E-state index is -3.85. The summed E-state index contributed by atoms with van der Waals surface area (Å²) in [5, 5.41) is 11.1. The third-order valence-electron chi connectivity index (χ3n) is 3.05. The highest BCUT2D eigenvalue weighted by Gasteiger charge is 2.33. The van der Waals surface area contributed by atoms with Crippen molar-refractivity contribution >= 4 is 27.4 Å². The Labute approximate surface area is 131 Å². The van der Waals surface area contributed by atoms with Crippen LogP contribution < -0.4 is 8.92 Å². The molecule has 1 aliphatic rings. The van der Waals surface area contributed by atoms with Crippen LogP contribution in [0.25, 0.3) is 0 Å². The molecular weight excluding hydrogens is 330 g/mol. The Hall–Kier alpha value is -2.49. The minimum absolute atomic E-state index is 0.166. The number of nitrogens with zero attached hydrogens (tertiary/aromatic N) is 1. The lowest BCUT2D eigenvalue weighted by Crippen LogP contribution is -2.39. The summed E-state index contributed by atoms with van der Waals surface area (Å²) in [5.41, 5.74) is -0.600. The summed E-state index contributed by atoms with van der Waals surface area (Å²) >= 11 is 0. The lowest BCUT2D eigenvalue weighted by atomic mass is 9.95. The molecule has 1 saturated carbocycles. The molecule has 9 nitrogen and oxygen atoms in total. The van der Waals surface area contributed by atoms with E-state index in [0.29, 0.717) is 6.42 Å². The van der Waals surface area contributed by atoms with Crippen molar-refractivity contribution < 1.29 is 31.9 Å². The smallest absolute Gasteiger partial charge is 0.314 e. The lowest BCUT2D eigenvalue weighted by Gasteiger charge is -2.20. The molecule has 0 spiro atoms. The molecule has 0 atom stereocenters. The molecule has 1 fully saturated rings. The number of Topliss-reactive ketones (excluding diaryl/α,β-unsaturated/α-hetero) is 2. The first-order valence-electron chi connectivity index (χ1n) is 6.57. The minimum Gasteiger partial charge on any atom is -0.468 e. The van der Waals surface area contributed by atoms with E-state index in [-0.39, 0.29) is 24.3 Å². The van der Waals surface area contributed by atoms with Gasteiger partial charge < -0.3 is 8.92 Å². The topological polar surface area (TPSA) is 130 Å². The van der Waals surface area contributed by atoms with Crippen molar-refractivity contribution in [2.75, 3.05) is 6.26 Å². The van der Waals surface area contributed by atoms with E-state index in [4.69, 9.17) is 4.74 Å². The van der Waals surface area contributed by atoms with E-state index < -0.39 is 38.4 Å². The number of carbonyl (C=O) groups excluding carboxylic acids is 2. The average Bonchev–Trinajstić information content (AvgIpc) is 2.42. The first-order valence-corrected chi connectivity index (χ1v) is 8.39. The number of benzene rings is 1. The molecule has 1 aliphatic carbocycles. The van der Waals surface area contributed by atoms with E-state index >= 15 is 0 Å². The highest BCUT2D eigenvalue weighted by atomic mass is 32.2. The van der Waals surface area contributed by atoms with Crippen molar-refractivity contribution in [3.8, 4) is 11.5 Å². The SMILES string of the molecule is CS(=O)(=O)Oc1ccc(OC2C(=O)CCCC2=O)c([N+](=O)[O-])c1.